The molecule has 1 atom stereocenters. The van der Waals surface area contributed by atoms with Crippen LogP contribution in [0.5, 0.6) is 0 Å². The van der Waals surface area contributed by atoms with E-state index in [0.717, 1.165) is 44.5 Å². The largest absolute Gasteiger partial charge is 0.317 e. The molecule has 4 nitrogen and oxygen atoms in total. The fraction of sp³-hybridized carbons (Fsp3) is 0.500. The van der Waals surface area contributed by atoms with E-state index in [0.29, 0.717) is 0 Å². The van der Waals surface area contributed by atoms with Crippen molar-refractivity contribution in [2.75, 3.05) is 13.1 Å². The van der Waals surface area contributed by atoms with Gasteiger partial charge in [-0.3, -0.25) is 0 Å². The molecule has 0 aromatic heterocycles. The van der Waals surface area contributed by atoms with Crippen molar-refractivity contribution < 1.29 is 12.8 Å². The fourth-order valence-electron chi connectivity index (χ4n) is 2.11. The lowest BCUT2D eigenvalue weighted by Gasteiger charge is -2.16. The van der Waals surface area contributed by atoms with Crippen LogP contribution in [0.4, 0.5) is 4.39 Å². The van der Waals surface area contributed by atoms with Gasteiger partial charge < -0.3 is 5.32 Å². The van der Waals surface area contributed by atoms with E-state index in [1.807, 2.05) is 0 Å². The summed E-state index contributed by atoms with van der Waals surface area (Å²) >= 11 is 5.79. The summed E-state index contributed by atoms with van der Waals surface area (Å²) in [5.74, 6) is -0.553. The highest BCUT2D eigenvalue weighted by atomic mass is 35.5. The minimum atomic E-state index is -3.70. The summed E-state index contributed by atoms with van der Waals surface area (Å²) in [5.41, 5.74) is 0. The molecular weight excluding hydrogens is 291 g/mol. The number of hydrogen-bond acceptors (Lipinski definition) is 3. The molecule has 0 saturated carbocycles. The van der Waals surface area contributed by atoms with Gasteiger partial charge in [0.15, 0.2) is 0 Å². The van der Waals surface area contributed by atoms with Gasteiger partial charge >= 0.3 is 0 Å². The van der Waals surface area contributed by atoms with Crippen molar-refractivity contribution >= 4 is 21.6 Å². The lowest BCUT2D eigenvalue weighted by Crippen LogP contribution is -2.35. The standard InChI is InChI=1S/C12H16ClFN2O2S/c13-11-8-9(14)3-4-12(11)19(17,18)16-10-2-1-6-15-7-5-10/h3-4,8,10,15-16H,1-2,5-7H2. The molecule has 0 aliphatic carbocycles. The van der Waals surface area contributed by atoms with E-state index in [-0.39, 0.29) is 16.0 Å². The van der Waals surface area contributed by atoms with Gasteiger partial charge in [0.1, 0.15) is 10.7 Å². The Balaban J connectivity index is 2.17. The Morgan fingerprint density at radius 3 is 2.84 bits per heavy atom. The number of hydrogen-bond donors (Lipinski definition) is 2. The SMILES string of the molecule is O=S(=O)(NC1CCCNCC1)c1ccc(F)cc1Cl. The molecule has 1 heterocycles. The lowest BCUT2D eigenvalue weighted by molar-refractivity contribution is 0.518. The molecule has 19 heavy (non-hydrogen) atoms. The number of halogens is 2. The monoisotopic (exact) mass is 306 g/mol. The first kappa shape index (κ1) is 14.7. The van der Waals surface area contributed by atoms with Gasteiger partial charge in [-0.2, -0.15) is 0 Å². The van der Waals surface area contributed by atoms with Crippen molar-refractivity contribution in [3.05, 3.63) is 29.0 Å². The van der Waals surface area contributed by atoms with Gasteiger partial charge in [0, 0.05) is 6.04 Å². The van der Waals surface area contributed by atoms with Crippen molar-refractivity contribution in [1.82, 2.24) is 10.0 Å². The first-order valence-corrected chi connectivity index (χ1v) is 8.03. The summed E-state index contributed by atoms with van der Waals surface area (Å²) < 4.78 is 40.0. The van der Waals surface area contributed by atoms with E-state index in [9.17, 15) is 12.8 Å². The Kier molecular flexibility index (Phi) is 4.78. The summed E-state index contributed by atoms with van der Waals surface area (Å²) in [6, 6.07) is 3.18. The van der Waals surface area contributed by atoms with Gasteiger partial charge in [-0.1, -0.05) is 11.6 Å². The van der Waals surface area contributed by atoms with E-state index < -0.39 is 15.8 Å². The maximum Gasteiger partial charge on any atom is 0.242 e. The Labute approximate surface area is 117 Å². The van der Waals surface area contributed by atoms with Gasteiger partial charge in [0.05, 0.1) is 5.02 Å². The minimum Gasteiger partial charge on any atom is -0.317 e. The summed E-state index contributed by atoms with van der Waals surface area (Å²) in [5, 5.41) is 3.11. The number of sulfonamides is 1. The van der Waals surface area contributed by atoms with Crippen LogP contribution in [0, 0.1) is 5.82 Å². The second-order valence-corrected chi connectivity index (χ2v) is 6.66. The molecule has 1 fully saturated rings. The molecule has 1 aromatic carbocycles. The predicted molar refractivity (Wildman–Crippen MR) is 72.2 cm³/mol. The third-order valence-corrected chi connectivity index (χ3v) is 5.08. The number of rotatable bonds is 3. The Bertz CT molecular complexity index is 543. The smallest absolute Gasteiger partial charge is 0.242 e. The molecule has 1 unspecified atom stereocenters. The van der Waals surface area contributed by atoms with Crippen molar-refractivity contribution in [3.8, 4) is 0 Å². The molecule has 0 radical (unpaired) electrons. The zero-order chi connectivity index (χ0) is 13.9. The van der Waals surface area contributed by atoms with Crippen LogP contribution >= 0.6 is 11.6 Å². The minimum absolute atomic E-state index is 0.0761. The molecule has 0 amide bonds. The van der Waals surface area contributed by atoms with Crippen molar-refractivity contribution in [2.24, 2.45) is 0 Å². The highest BCUT2D eigenvalue weighted by molar-refractivity contribution is 7.89. The van der Waals surface area contributed by atoms with Crippen molar-refractivity contribution in [3.63, 3.8) is 0 Å². The quantitative estimate of drug-likeness (QED) is 0.897. The molecule has 1 saturated heterocycles. The zero-order valence-electron chi connectivity index (χ0n) is 10.3. The van der Waals surface area contributed by atoms with Gasteiger partial charge in [0.2, 0.25) is 10.0 Å². The molecule has 2 N–H and O–H groups in total. The Morgan fingerprint density at radius 2 is 2.11 bits per heavy atom. The van der Waals surface area contributed by atoms with Crippen LogP contribution < -0.4 is 10.0 Å². The lowest BCUT2D eigenvalue weighted by atomic mass is 10.1. The number of nitrogens with one attached hydrogen (secondary N) is 2. The van der Waals surface area contributed by atoms with E-state index in [4.69, 9.17) is 11.6 Å². The maximum absolute atomic E-state index is 12.9. The average Bonchev–Trinajstić information content (AvgIpc) is 2.56. The molecular formula is C12H16ClFN2O2S. The van der Waals surface area contributed by atoms with Crippen LogP contribution in [0.25, 0.3) is 0 Å². The number of benzene rings is 1. The van der Waals surface area contributed by atoms with E-state index in [1.54, 1.807) is 0 Å². The molecule has 2 rings (SSSR count). The van der Waals surface area contributed by atoms with Crippen LogP contribution in [0.1, 0.15) is 19.3 Å². The summed E-state index contributed by atoms with van der Waals surface area (Å²) in [4.78, 5) is -0.0761. The van der Waals surface area contributed by atoms with Gasteiger partial charge in [-0.05, 0) is 50.6 Å². The summed E-state index contributed by atoms with van der Waals surface area (Å²) in [6.07, 6.45) is 2.44. The molecule has 1 aliphatic rings. The van der Waals surface area contributed by atoms with Crippen LogP contribution in [-0.2, 0) is 10.0 Å². The summed E-state index contributed by atoms with van der Waals surface area (Å²) in [7, 11) is -3.70. The van der Waals surface area contributed by atoms with E-state index in [1.165, 1.54) is 6.07 Å². The highest BCUT2D eigenvalue weighted by Gasteiger charge is 2.23. The fourth-order valence-corrected chi connectivity index (χ4v) is 3.95. The second-order valence-electron chi connectivity index (χ2n) is 4.57. The van der Waals surface area contributed by atoms with E-state index in [2.05, 4.69) is 10.0 Å². The topological polar surface area (TPSA) is 58.2 Å². The predicted octanol–water partition coefficient (Wildman–Crippen LogP) is 1.90. The second kappa shape index (κ2) is 6.17. The highest BCUT2D eigenvalue weighted by Crippen LogP contribution is 2.23. The van der Waals surface area contributed by atoms with Crippen LogP contribution in [-0.4, -0.2) is 27.5 Å². The average molecular weight is 307 g/mol. The van der Waals surface area contributed by atoms with Crippen LogP contribution in [0.2, 0.25) is 5.02 Å². The van der Waals surface area contributed by atoms with Gasteiger partial charge in [0.25, 0.3) is 0 Å². The molecule has 0 bridgehead atoms. The van der Waals surface area contributed by atoms with E-state index >= 15 is 0 Å². The Hall–Kier alpha value is -0.690. The summed E-state index contributed by atoms with van der Waals surface area (Å²) in [6.45, 7) is 1.68. The first-order valence-electron chi connectivity index (χ1n) is 6.17. The van der Waals surface area contributed by atoms with Crippen LogP contribution in [0.3, 0.4) is 0 Å². The third kappa shape index (κ3) is 3.89. The maximum atomic E-state index is 12.9. The van der Waals surface area contributed by atoms with Crippen molar-refractivity contribution in [1.29, 1.82) is 0 Å². The molecule has 106 valence electrons. The molecule has 1 aliphatic heterocycles. The normalized spacial score (nSPS) is 21.1. The van der Waals surface area contributed by atoms with Crippen molar-refractivity contribution in [2.45, 2.75) is 30.2 Å². The molecule has 1 aromatic rings. The third-order valence-electron chi connectivity index (χ3n) is 3.08. The van der Waals surface area contributed by atoms with Gasteiger partial charge in [-0.15, -0.1) is 0 Å². The zero-order valence-corrected chi connectivity index (χ0v) is 11.9. The molecule has 7 heteroatoms. The molecule has 0 spiro atoms. The van der Waals surface area contributed by atoms with Gasteiger partial charge in [-0.25, -0.2) is 17.5 Å². The first-order chi connectivity index (χ1) is 8.99. The Morgan fingerprint density at radius 1 is 1.32 bits per heavy atom. The van der Waals surface area contributed by atoms with Crippen LogP contribution in [0.15, 0.2) is 23.1 Å².